The second kappa shape index (κ2) is 8.76. The maximum absolute atomic E-state index is 13.0. The predicted molar refractivity (Wildman–Crippen MR) is 110 cm³/mol. The van der Waals surface area contributed by atoms with Crippen molar-refractivity contribution >= 4 is 16.9 Å². The van der Waals surface area contributed by atoms with Crippen LogP contribution in [0.15, 0.2) is 24.4 Å². The number of carbonyl (C=O) groups excluding carboxylic acids is 1. The van der Waals surface area contributed by atoms with Gasteiger partial charge in [-0.2, -0.15) is 0 Å². The van der Waals surface area contributed by atoms with E-state index in [1.54, 1.807) is 11.7 Å². The van der Waals surface area contributed by atoms with Gasteiger partial charge in [0, 0.05) is 30.2 Å². The summed E-state index contributed by atoms with van der Waals surface area (Å²) >= 11 is 0. The third-order valence-electron chi connectivity index (χ3n) is 5.60. The number of rotatable bonds is 6. The number of fused-ring (bicyclic) bond motifs is 1. The fraction of sp³-hybridized carbons (Fsp3) is 0.571. The van der Waals surface area contributed by atoms with Gasteiger partial charge >= 0.3 is 6.03 Å². The van der Waals surface area contributed by atoms with Gasteiger partial charge in [-0.25, -0.2) is 4.79 Å². The average Bonchev–Trinajstić information content (AvgIpc) is 3.04. The van der Waals surface area contributed by atoms with Crippen molar-refractivity contribution < 1.29 is 9.53 Å². The average molecular weight is 373 g/mol. The van der Waals surface area contributed by atoms with Gasteiger partial charge in [0.1, 0.15) is 5.75 Å². The van der Waals surface area contributed by atoms with E-state index in [2.05, 4.69) is 29.6 Å². The standard InChI is InChI=1S/C21H32N4O2/c1-22-16-5-7-17(8-6-16)23-21(26)25-14-15(11-12-24(2)3)19-13-18(27-4)9-10-20(19)25/h9-10,13-14,16-17,22H,5-8,11-12H2,1-4H3,(H,23,26). The van der Waals surface area contributed by atoms with Gasteiger partial charge in [-0.15, -0.1) is 0 Å². The molecule has 0 atom stereocenters. The molecule has 1 aromatic heterocycles. The van der Waals surface area contributed by atoms with E-state index in [0.29, 0.717) is 6.04 Å². The molecule has 0 saturated heterocycles. The Bertz CT molecular complexity index is 776. The van der Waals surface area contributed by atoms with Crippen molar-refractivity contribution in [1.29, 1.82) is 0 Å². The highest BCUT2D eigenvalue weighted by atomic mass is 16.5. The first-order valence-electron chi connectivity index (χ1n) is 9.82. The first kappa shape index (κ1) is 19.7. The highest BCUT2D eigenvalue weighted by Crippen LogP contribution is 2.27. The first-order valence-corrected chi connectivity index (χ1v) is 9.82. The van der Waals surface area contributed by atoms with Crippen LogP contribution in [-0.2, 0) is 6.42 Å². The van der Waals surface area contributed by atoms with Crippen LogP contribution in [-0.4, -0.2) is 62.4 Å². The van der Waals surface area contributed by atoms with Crippen LogP contribution in [0.2, 0.25) is 0 Å². The number of hydrogen-bond acceptors (Lipinski definition) is 4. The van der Waals surface area contributed by atoms with E-state index in [4.69, 9.17) is 4.74 Å². The maximum Gasteiger partial charge on any atom is 0.326 e. The van der Waals surface area contributed by atoms with Gasteiger partial charge in [0.25, 0.3) is 0 Å². The van der Waals surface area contributed by atoms with Gasteiger partial charge in [0.2, 0.25) is 0 Å². The van der Waals surface area contributed by atoms with Gasteiger partial charge in [-0.05, 0) is 77.0 Å². The molecule has 1 saturated carbocycles. The summed E-state index contributed by atoms with van der Waals surface area (Å²) in [6.07, 6.45) is 7.15. The van der Waals surface area contributed by atoms with Crippen LogP contribution >= 0.6 is 0 Å². The monoisotopic (exact) mass is 372 g/mol. The lowest BCUT2D eigenvalue weighted by molar-refractivity contribution is 0.232. The summed E-state index contributed by atoms with van der Waals surface area (Å²) in [6.45, 7) is 0.936. The van der Waals surface area contributed by atoms with Gasteiger partial charge in [-0.3, -0.25) is 4.57 Å². The lowest BCUT2D eigenvalue weighted by Gasteiger charge is -2.28. The number of nitrogens with one attached hydrogen (secondary N) is 2. The second-order valence-corrected chi connectivity index (χ2v) is 7.75. The van der Waals surface area contributed by atoms with Crippen molar-refractivity contribution in [2.45, 2.75) is 44.2 Å². The van der Waals surface area contributed by atoms with Crippen LogP contribution in [0.5, 0.6) is 5.75 Å². The number of ether oxygens (including phenoxy) is 1. The van der Waals surface area contributed by atoms with Crippen LogP contribution in [0.3, 0.4) is 0 Å². The van der Waals surface area contributed by atoms with Crippen molar-refractivity contribution in [3.8, 4) is 5.75 Å². The molecule has 1 aromatic carbocycles. The number of benzene rings is 1. The molecule has 6 nitrogen and oxygen atoms in total. The molecule has 0 radical (unpaired) electrons. The van der Waals surface area contributed by atoms with Crippen LogP contribution < -0.4 is 15.4 Å². The molecule has 2 aromatic rings. The summed E-state index contributed by atoms with van der Waals surface area (Å²) in [5, 5.41) is 7.66. The molecule has 1 aliphatic rings. The molecule has 148 valence electrons. The minimum atomic E-state index is -0.0332. The molecule has 0 unspecified atom stereocenters. The minimum Gasteiger partial charge on any atom is -0.497 e. The summed E-state index contributed by atoms with van der Waals surface area (Å²) in [5.74, 6) is 0.817. The fourth-order valence-electron chi connectivity index (χ4n) is 3.89. The smallest absolute Gasteiger partial charge is 0.326 e. The number of amides is 1. The van der Waals surface area contributed by atoms with Crippen molar-refractivity contribution in [2.75, 3.05) is 34.8 Å². The molecule has 0 aliphatic heterocycles. The van der Waals surface area contributed by atoms with E-state index in [9.17, 15) is 4.79 Å². The maximum atomic E-state index is 13.0. The van der Waals surface area contributed by atoms with E-state index >= 15 is 0 Å². The molecule has 1 heterocycles. The van der Waals surface area contributed by atoms with E-state index < -0.39 is 0 Å². The number of nitrogens with zero attached hydrogens (tertiary/aromatic N) is 2. The summed E-state index contributed by atoms with van der Waals surface area (Å²) in [5.41, 5.74) is 2.11. The molecule has 0 spiro atoms. The molecular formula is C21H32N4O2. The van der Waals surface area contributed by atoms with E-state index in [1.807, 2.05) is 31.4 Å². The number of carbonyl (C=O) groups is 1. The lowest BCUT2D eigenvalue weighted by Crippen LogP contribution is -2.42. The molecule has 1 fully saturated rings. The summed E-state index contributed by atoms with van der Waals surface area (Å²) < 4.78 is 7.16. The first-order chi connectivity index (χ1) is 13.0. The van der Waals surface area contributed by atoms with Crippen molar-refractivity contribution in [3.05, 3.63) is 30.0 Å². The molecule has 0 bridgehead atoms. The molecule has 1 aliphatic carbocycles. The zero-order valence-corrected chi connectivity index (χ0v) is 16.9. The molecular weight excluding hydrogens is 340 g/mol. The van der Waals surface area contributed by atoms with Crippen molar-refractivity contribution in [3.63, 3.8) is 0 Å². The number of hydrogen-bond donors (Lipinski definition) is 2. The van der Waals surface area contributed by atoms with Gasteiger partial charge in [-0.1, -0.05) is 0 Å². The Morgan fingerprint density at radius 3 is 2.56 bits per heavy atom. The Kier molecular flexibility index (Phi) is 6.39. The van der Waals surface area contributed by atoms with Gasteiger partial charge in [0.15, 0.2) is 0 Å². The largest absolute Gasteiger partial charge is 0.497 e. The fourth-order valence-corrected chi connectivity index (χ4v) is 3.89. The van der Waals surface area contributed by atoms with Gasteiger partial charge < -0.3 is 20.3 Å². The zero-order chi connectivity index (χ0) is 19.4. The highest BCUT2D eigenvalue weighted by Gasteiger charge is 2.23. The summed E-state index contributed by atoms with van der Waals surface area (Å²) in [7, 11) is 7.81. The summed E-state index contributed by atoms with van der Waals surface area (Å²) in [4.78, 5) is 15.1. The Hall–Kier alpha value is -2.05. The Labute approximate surface area is 161 Å². The Morgan fingerprint density at radius 2 is 1.93 bits per heavy atom. The van der Waals surface area contributed by atoms with Gasteiger partial charge in [0.05, 0.1) is 12.6 Å². The normalized spacial score (nSPS) is 20.2. The van der Waals surface area contributed by atoms with Crippen molar-refractivity contribution in [1.82, 2.24) is 20.1 Å². The van der Waals surface area contributed by atoms with Crippen LogP contribution in [0.4, 0.5) is 4.79 Å². The molecule has 1 amide bonds. The molecule has 27 heavy (non-hydrogen) atoms. The number of methoxy groups -OCH3 is 1. The topological polar surface area (TPSA) is 58.5 Å². The SMILES string of the molecule is CNC1CCC(NC(=O)n2cc(CCN(C)C)c3cc(OC)ccc32)CC1. The molecule has 2 N–H and O–H groups in total. The van der Waals surface area contributed by atoms with E-state index in [0.717, 1.165) is 55.3 Å². The minimum absolute atomic E-state index is 0.0332. The van der Waals surface area contributed by atoms with E-state index in [1.165, 1.54) is 5.56 Å². The second-order valence-electron chi connectivity index (χ2n) is 7.75. The third-order valence-corrected chi connectivity index (χ3v) is 5.60. The Morgan fingerprint density at radius 1 is 1.22 bits per heavy atom. The van der Waals surface area contributed by atoms with E-state index in [-0.39, 0.29) is 12.1 Å². The number of likely N-dealkylation sites (N-methyl/N-ethyl adjacent to an activating group) is 1. The highest BCUT2D eigenvalue weighted by molar-refractivity contribution is 5.94. The third kappa shape index (κ3) is 4.62. The molecule has 3 rings (SSSR count). The Balaban J connectivity index is 1.81. The quantitative estimate of drug-likeness (QED) is 0.819. The van der Waals surface area contributed by atoms with Crippen LogP contribution in [0.25, 0.3) is 10.9 Å². The van der Waals surface area contributed by atoms with Crippen LogP contribution in [0.1, 0.15) is 31.2 Å². The van der Waals surface area contributed by atoms with Crippen molar-refractivity contribution in [2.24, 2.45) is 0 Å². The number of aromatic nitrogens is 1. The summed E-state index contributed by atoms with van der Waals surface area (Å²) in [6, 6.07) is 6.72. The predicted octanol–water partition coefficient (Wildman–Crippen LogP) is 2.84. The zero-order valence-electron chi connectivity index (χ0n) is 16.9. The lowest BCUT2D eigenvalue weighted by atomic mass is 9.91. The molecule has 6 heteroatoms. The van der Waals surface area contributed by atoms with Crippen LogP contribution in [0, 0.1) is 0 Å².